The zero-order chi connectivity index (χ0) is 16.8. The SMILES string of the molecule is CCCCCCCCCCCCCCC(=O)N1CCC(N)CC1.Cl. The molecule has 1 aliphatic rings. The molecule has 2 N–H and O–H groups in total. The maximum Gasteiger partial charge on any atom is 0.222 e. The normalized spacial score (nSPS) is 15.3. The molecule has 0 spiro atoms. The van der Waals surface area contributed by atoms with Crippen molar-refractivity contribution in [1.29, 1.82) is 0 Å². The summed E-state index contributed by atoms with van der Waals surface area (Å²) in [5.41, 5.74) is 5.88. The highest BCUT2D eigenvalue weighted by atomic mass is 35.5. The summed E-state index contributed by atoms with van der Waals surface area (Å²) in [7, 11) is 0. The number of piperidine rings is 1. The van der Waals surface area contributed by atoms with Gasteiger partial charge in [-0.25, -0.2) is 0 Å². The molecule has 144 valence electrons. The summed E-state index contributed by atoms with van der Waals surface area (Å²) in [4.78, 5) is 14.1. The summed E-state index contributed by atoms with van der Waals surface area (Å²) in [6, 6.07) is 0.311. The second-order valence-corrected chi connectivity index (χ2v) is 7.36. The number of amides is 1. The van der Waals surface area contributed by atoms with Crippen LogP contribution in [-0.4, -0.2) is 29.9 Å². The molecule has 0 atom stereocenters. The van der Waals surface area contributed by atoms with Gasteiger partial charge in [0, 0.05) is 25.6 Å². The lowest BCUT2D eigenvalue weighted by Crippen LogP contribution is -2.42. The van der Waals surface area contributed by atoms with Gasteiger partial charge >= 0.3 is 0 Å². The van der Waals surface area contributed by atoms with E-state index in [0.29, 0.717) is 11.9 Å². The van der Waals surface area contributed by atoms with Gasteiger partial charge in [0.25, 0.3) is 0 Å². The van der Waals surface area contributed by atoms with Crippen molar-refractivity contribution in [2.24, 2.45) is 5.73 Å². The van der Waals surface area contributed by atoms with Crippen LogP contribution < -0.4 is 5.73 Å². The Balaban J connectivity index is 0.00000529. The van der Waals surface area contributed by atoms with E-state index < -0.39 is 0 Å². The van der Waals surface area contributed by atoms with Crippen molar-refractivity contribution < 1.29 is 4.79 Å². The van der Waals surface area contributed by atoms with E-state index in [4.69, 9.17) is 5.73 Å². The molecule has 1 aliphatic heterocycles. The third-order valence-corrected chi connectivity index (χ3v) is 5.14. The van der Waals surface area contributed by atoms with E-state index in [-0.39, 0.29) is 12.4 Å². The minimum atomic E-state index is 0. The van der Waals surface area contributed by atoms with Gasteiger partial charge in [-0.2, -0.15) is 0 Å². The van der Waals surface area contributed by atoms with Gasteiger partial charge in [-0.3, -0.25) is 4.79 Å². The number of likely N-dealkylation sites (tertiary alicyclic amines) is 1. The summed E-state index contributed by atoms with van der Waals surface area (Å²) < 4.78 is 0. The Morgan fingerprint density at radius 1 is 0.833 bits per heavy atom. The second kappa shape index (κ2) is 16.2. The first-order valence-corrected chi connectivity index (χ1v) is 10.3. The lowest BCUT2D eigenvalue weighted by atomic mass is 10.0. The fourth-order valence-electron chi connectivity index (χ4n) is 3.42. The van der Waals surface area contributed by atoms with E-state index in [1.165, 1.54) is 70.6 Å². The zero-order valence-corrected chi connectivity index (χ0v) is 16.8. The number of nitrogens with two attached hydrogens (primary N) is 1. The van der Waals surface area contributed by atoms with Crippen LogP contribution in [0, 0.1) is 0 Å². The number of rotatable bonds is 13. The van der Waals surface area contributed by atoms with E-state index in [2.05, 4.69) is 6.92 Å². The number of halogens is 1. The first kappa shape index (κ1) is 23.7. The summed E-state index contributed by atoms with van der Waals surface area (Å²) in [6.45, 7) is 4.02. The molecule has 1 saturated heterocycles. The molecule has 0 bridgehead atoms. The monoisotopic (exact) mass is 360 g/mol. The topological polar surface area (TPSA) is 46.3 Å². The fraction of sp³-hybridized carbons (Fsp3) is 0.950. The Morgan fingerprint density at radius 2 is 1.25 bits per heavy atom. The molecule has 24 heavy (non-hydrogen) atoms. The predicted octanol–water partition coefficient (Wildman–Crippen LogP) is 5.45. The molecule has 0 radical (unpaired) electrons. The third kappa shape index (κ3) is 12.1. The van der Waals surface area contributed by atoms with Crippen LogP contribution in [0.2, 0.25) is 0 Å². The Labute approximate surface area is 156 Å². The van der Waals surface area contributed by atoms with Gasteiger partial charge in [-0.15, -0.1) is 12.4 Å². The van der Waals surface area contributed by atoms with Gasteiger partial charge in [-0.05, 0) is 19.3 Å². The van der Waals surface area contributed by atoms with Crippen molar-refractivity contribution in [3.63, 3.8) is 0 Å². The van der Waals surface area contributed by atoms with Gasteiger partial charge in [-0.1, -0.05) is 77.6 Å². The molecular weight excluding hydrogens is 320 g/mol. The molecular formula is C20H41ClN2O. The smallest absolute Gasteiger partial charge is 0.222 e. The van der Waals surface area contributed by atoms with E-state index in [9.17, 15) is 4.79 Å². The summed E-state index contributed by atoms with van der Waals surface area (Å²) in [5, 5.41) is 0. The van der Waals surface area contributed by atoms with Crippen LogP contribution in [0.4, 0.5) is 0 Å². The maximum atomic E-state index is 12.1. The lowest BCUT2D eigenvalue weighted by molar-refractivity contribution is -0.132. The molecule has 1 fully saturated rings. The van der Waals surface area contributed by atoms with E-state index in [0.717, 1.165) is 38.8 Å². The highest BCUT2D eigenvalue weighted by Crippen LogP contribution is 2.14. The van der Waals surface area contributed by atoms with Crippen LogP contribution in [0.3, 0.4) is 0 Å². The lowest BCUT2D eigenvalue weighted by Gasteiger charge is -2.30. The van der Waals surface area contributed by atoms with Crippen molar-refractivity contribution in [2.75, 3.05) is 13.1 Å². The molecule has 1 amide bonds. The van der Waals surface area contributed by atoms with Crippen LogP contribution in [0.5, 0.6) is 0 Å². The quantitative estimate of drug-likeness (QED) is 0.444. The minimum absolute atomic E-state index is 0. The molecule has 0 aromatic heterocycles. The van der Waals surface area contributed by atoms with Gasteiger partial charge in [0.15, 0.2) is 0 Å². The summed E-state index contributed by atoms with van der Waals surface area (Å²) >= 11 is 0. The van der Waals surface area contributed by atoms with E-state index >= 15 is 0 Å². The van der Waals surface area contributed by atoms with Crippen molar-refractivity contribution in [3.8, 4) is 0 Å². The molecule has 0 aliphatic carbocycles. The molecule has 1 rings (SSSR count). The average Bonchev–Trinajstić information content (AvgIpc) is 2.56. The summed E-state index contributed by atoms with van der Waals surface area (Å²) in [6.07, 6.45) is 18.9. The van der Waals surface area contributed by atoms with E-state index in [1.54, 1.807) is 0 Å². The van der Waals surface area contributed by atoms with Crippen molar-refractivity contribution in [2.45, 2.75) is 109 Å². The van der Waals surface area contributed by atoms with Crippen molar-refractivity contribution >= 4 is 18.3 Å². The van der Waals surface area contributed by atoms with Crippen LogP contribution in [0.25, 0.3) is 0 Å². The van der Waals surface area contributed by atoms with E-state index in [1.807, 2.05) is 4.90 Å². The van der Waals surface area contributed by atoms with Gasteiger partial charge < -0.3 is 10.6 Å². The third-order valence-electron chi connectivity index (χ3n) is 5.14. The number of carbonyl (C=O) groups is 1. The number of hydrogen-bond acceptors (Lipinski definition) is 2. The number of hydrogen-bond donors (Lipinski definition) is 1. The number of unbranched alkanes of at least 4 members (excludes halogenated alkanes) is 11. The van der Waals surface area contributed by atoms with Gasteiger partial charge in [0.1, 0.15) is 0 Å². The number of carbonyl (C=O) groups excluding carboxylic acids is 1. The highest BCUT2D eigenvalue weighted by molar-refractivity contribution is 5.85. The first-order valence-electron chi connectivity index (χ1n) is 10.3. The molecule has 0 aromatic carbocycles. The van der Waals surface area contributed by atoms with Crippen LogP contribution >= 0.6 is 12.4 Å². The Bertz CT molecular complexity index is 291. The molecule has 3 nitrogen and oxygen atoms in total. The fourth-order valence-corrected chi connectivity index (χ4v) is 3.42. The molecule has 4 heteroatoms. The maximum absolute atomic E-state index is 12.1. The van der Waals surface area contributed by atoms with Gasteiger partial charge in [0.05, 0.1) is 0 Å². The Morgan fingerprint density at radius 3 is 1.71 bits per heavy atom. The highest BCUT2D eigenvalue weighted by Gasteiger charge is 2.19. The molecule has 0 saturated carbocycles. The predicted molar refractivity (Wildman–Crippen MR) is 107 cm³/mol. The molecule has 0 unspecified atom stereocenters. The van der Waals surface area contributed by atoms with Crippen LogP contribution in [0.15, 0.2) is 0 Å². The zero-order valence-electron chi connectivity index (χ0n) is 15.9. The number of nitrogens with zero attached hydrogens (tertiary/aromatic N) is 1. The first-order chi connectivity index (χ1) is 11.2. The Kier molecular flexibility index (Phi) is 16.0. The Hall–Kier alpha value is -0.280. The largest absolute Gasteiger partial charge is 0.343 e. The standard InChI is InChI=1S/C20H40N2O.ClH/c1-2-3-4-5-6-7-8-9-10-11-12-13-14-20(23)22-17-15-19(21)16-18-22;/h19H,2-18,21H2,1H3;1H. The summed E-state index contributed by atoms with van der Waals surface area (Å²) in [5.74, 6) is 0.351. The van der Waals surface area contributed by atoms with Crippen LogP contribution in [0.1, 0.15) is 103 Å². The average molecular weight is 361 g/mol. The van der Waals surface area contributed by atoms with Gasteiger partial charge in [0.2, 0.25) is 5.91 Å². The molecule has 0 aromatic rings. The van der Waals surface area contributed by atoms with Crippen LogP contribution in [-0.2, 0) is 4.79 Å². The van der Waals surface area contributed by atoms with Crippen molar-refractivity contribution in [1.82, 2.24) is 4.90 Å². The van der Waals surface area contributed by atoms with Crippen molar-refractivity contribution in [3.05, 3.63) is 0 Å². The second-order valence-electron chi connectivity index (χ2n) is 7.36. The molecule has 1 heterocycles. The minimum Gasteiger partial charge on any atom is -0.343 e.